The second kappa shape index (κ2) is 7.27. The van der Waals surface area contributed by atoms with E-state index in [4.69, 9.17) is 5.11 Å². The van der Waals surface area contributed by atoms with Crippen molar-refractivity contribution in [2.75, 3.05) is 0 Å². The van der Waals surface area contributed by atoms with Gasteiger partial charge in [-0.1, -0.05) is 20.8 Å². The van der Waals surface area contributed by atoms with Crippen LogP contribution in [0.4, 0.5) is 0 Å². The van der Waals surface area contributed by atoms with Gasteiger partial charge in [-0.15, -0.1) is 0 Å². The zero-order valence-electron chi connectivity index (χ0n) is 17.9. The number of carboxylic acids is 1. The molecule has 0 unspecified atom stereocenters. The maximum atomic E-state index is 11.1. The van der Waals surface area contributed by atoms with Gasteiger partial charge in [-0.2, -0.15) is 0 Å². The highest BCUT2D eigenvalue weighted by Crippen LogP contribution is 2.68. The van der Waals surface area contributed by atoms with Crippen LogP contribution in [0.1, 0.15) is 85.0 Å². The summed E-state index contributed by atoms with van der Waals surface area (Å²) in [7, 11) is 0. The summed E-state index contributed by atoms with van der Waals surface area (Å²) in [4.78, 5) is 11.1. The Kier molecular flexibility index (Phi) is 5.36. The van der Waals surface area contributed by atoms with Crippen LogP contribution in [0, 0.1) is 46.3 Å². The molecule has 3 N–H and O–H groups in total. The molecule has 4 fully saturated rings. The summed E-state index contributed by atoms with van der Waals surface area (Å²) in [6.07, 6.45) is 9.14. The average molecular weight is 393 g/mol. The minimum atomic E-state index is -0.671. The summed E-state index contributed by atoms with van der Waals surface area (Å²) in [5.74, 6) is 2.91. The summed E-state index contributed by atoms with van der Waals surface area (Å²) in [6, 6.07) is 0. The molecule has 4 nitrogen and oxygen atoms in total. The van der Waals surface area contributed by atoms with Crippen molar-refractivity contribution in [2.24, 2.45) is 46.3 Å². The van der Waals surface area contributed by atoms with Gasteiger partial charge in [0.2, 0.25) is 0 Å². The second-order valence-corrected chi connectivity index (χ2v) is 11.3. The molecule has 0 heterocycles. The number of aliphatic hydroxyl groups excluding tert-OH is 2. The van der Waals surface area contributed by atoms with Crippen LogP contribution in [0.15, 0.2) is 0 Å². The fraction of sp³-hybridized carbons (Fsp3) is 0.958. The molecule has 0 spiro atoms. The third-order valence-electron chi connectivity index (χ3n) is 10.3. The zero-order valence-corrected chi connectivity index (χ0v) is 17.9. The first-order chi connectivity index (χ1) is 13.2. The number of hydrogen-bond donors (Lipinski definition) is 3. The third kappa shape index (κ3) is 3.05. The molecule has 0 bridgehead atoms. The van der Waals surface area contributed by atoms with E-state index in [1.807, 2.05) is 0 Å². The molecule has 160 valence electrons. The maximum absolute atomic E-state index is 11.1. The summed E-state index contributed by atoms with van der Waals surface area (Å²) < 4.78 is 0. The van der Waals surface area contributed by atoms with Crippen LogP contribution in [0.2, 0.25) is 0 Å². The molecule has 0 amide bonds. The van der Waals surface area contributed by atoms with Crippen molar-refractivity contribution in [3.8, 4) is 0 Å². The highest BCUT2D eigenvalue weighted by atomic mass is 16.4. The van der Waals surface area contributed by atoms with Crippen molar-refractivity contribution in [3.63, 3.8) is 0 Å². The normalized spacial score (nSPS) is 51.7. The molecule has 0 aliphatic heterocycles. The van der Waals surface area contributed by atoms with Crippen molar-refractivity contribution >= 4 is 5.97 Å². The van der Waals surface area contributed by atoms with E-state index in [1.54, 1.807) is 0 Å². The monoisotopic (exact) mass is 392 g/mol. The molecule has 0 aromatic carbocycles. The van der Waals surface area contributed by atoms with E-state index in [1.165, 1.54) is 32.1 Å². The van der Waals surface area contributed by atoms with E-state index in [0.717, 1.165) is 25.2 Å². The van der Waals surface area contributed by atoms with Crippen LogP contribution in [0.25, 0.3) is 0 Å². The lowest BCUT2D eigenvalue weighted by Gasteiger charge is -2.62. The van der Waals surface area contributed by atoms with Crippen LogP contribution >= 0.6 is 0 Å². The predicted molar refractivity (Wildman–Crippen MR) is 109 cm³/mol. The second-order valence-electron chi connectivity index (χ2n) is 11.3. The van der Waals surface area contributed by atoms with Crippen molar-refractivity contribution < 1.29 is 20.1 Å². The number of fused-ring (bicyclic) bond motifs is 5. The third-order valence-corrected chi connectivity index (χ3v) is 10.3. The average Bonchev–Trinajstić information content (AvgIpc) is 2.98. The van der Waals surface area contributed by atoms with Crippen molar-refractivity contribution in [1.29, 1.82) is 0 Å². The molecule has 4 aliphatic carbocycles. The van der Waals surface area contributed by atoms with Gasteiger partial charge < -0.3 is 15.3 Å². The lowest BCUT2D eigenvalue weighted by molar-refractivity contribution is -0.182. The fourth-order valence-electron chi connectivity index (χ4n) is 8.82. The van der Waals surface area contributed by atoms with Crippen molar-refractivity contribution in [1.82, 2.24) is 0 Å². The molecule has 0 aromatic rings. The van der Waals surface area contributed by atoms with E-state index in [0.29, 0.717) is 47.8 Å². The van der Waals surface area contributed by atoms with Gasteiger partial charge in [0.1, 0.15) is 0 Å². The quantitative estimate of drug-likeness (QED) is 0.659. The first kappa shape index (κ1) is 20.7. The highest BCUT2D eigenvalue weighted by molar-refractivity contribution is 5.66. The van der Waals surface area contributed by atoms with Crippen LogP contribution in [0.5, 0.6) is 0 Å². The molecule has 28 heavy (non-hydrogen) atoms. The molecule has 4 saturated carbocycles. The minimum absolute atomic E-state index is 0.0313. The number of aliphatic carboxylic acids is 1. The first-order valence-corrected chi connectivity index (χ1v) is 11.8. The Labute approximate surface area is 170 Å². The molecular weight excluding hydrogens is 352 g/mol. The lowest BCUT2D eigenvalue weighted by Crippen LogP contribution is -2.59. The van der Waals surface area contributed by atoms with Gasteiger partial charge in [0.25, 0.3) is 0 Å². The maximum Gasteiger partial charge on any atom is 0.303 e. The molecule has 4 rings (SSSR count). The van der Waals surface area contributed by atoms with E-state index in [2.05, 4.69) is 20.8 Å². The van der Waals surface area contributed by atoms with Gasteiger partial charge >= 0.3 is 5.97 Å². The van der Waals surface area contributed by atoms with Gasteiger partial charge in [0, 0.05) is 6.42 Å². The first-order valence-electron chi connectivity index (χ1n) is 11.8. The van der Waals surface area contributed by atoms with Gasteiger partial charge in [-0.05, 0) is 104 Å². The Morgan fingerprint density at radius 2 is 1.79 bits per heavy atom. The number of hydrogen-bond acceptors (Lipinski definition) is 3. The zero-order chi connectivity index (χ0) is 20.3. The van der Waals surface area contributed by atoms with Gasteiger partial charge in [0.05, 0.1) is 12.2 Å². The van der Waals surface area contributed by atoms with Gasteiger partial charge in [-0.3, -0.25) is 4.79 Å². The molecule has 0 saturated heterocycles. The Balaban J connectivity index is 1.54. The van der Waals surface area contributed by atoms with E-state index < -0.39 is 5.97 Å². The van der Waals surface area contributed by atoms with Crippen molar-refractivity contribution in [3.05, 3.63) is 0 Å². The molecule has 10 atom stereocenters. The smallest absolute Gasteiger partial charge is 0.303 e. The molecule has 4 aliphatic rings. The summed E-state index contributed by atoms with van der Waals surface area (Å²) in [6.45, 7) is 7.10. The van der Waals surface area contributed by atoms with Crippen LogP contribution in [0.3, 0.4) is 0 Å². The van der Waals surface area contributed by atoms with E-state index in [9.17, 15) is 15.0 Å². The lowest BCUT2D eigenvalue weighted by atomic mass is 9.43. The number of carboxylic acid groups (broad SMARTS) is 1. The molecule has 4 heteroatoms. The summed E-state index contributed by atoms with van der Waals surface area (Å²) in [5.41, 5.74) is 0.303. The molecule has 0 aromatic heterocycles. The van der Waals surface area contributed by atoms with Crippen LogP contribution in [-0.4, -0.2) is 33.5 Å². The molecule has 0 radical (unpaired) electrons. The summed E-state index contributed by atoms with van der Waals surface area (Å²) in [5, 5.41) is 30.3. The van der Waals surface area contributed by atoms with Crippen LogP contribution < -0.4 is 0 Å². The van der Waals surface area contributed by atoms with Crippen LogP contribution in [-0.2, 0) is 4.79 Å². The Morgan fingerprint density at radius 1 is 1.04 bits per heavy atom. The largest absolute Gasteiger partial charge is 0.481 e. The SMILES string of the molecule is C[C@H](CCC(=O)O)[C@H]1CC[C@H]2[C@@H]3CC[C@H]4C[C@@H](O)C[C@H](O)[C@]4(C)[C@H]3CC[C@]12C. The number of rotatable bonds is 4. The molecular formula is C24H40O4. The standard InChI is InChI=1S/C24H40O4/c1-14(4-9-22(27)28)18-7-8-19-17-6-5-15-12-16(25)13-21(26)24(15,3)20(17)10-11-23(18,19)2/h14-21,25-26H,4-13H2,1-3H3,(H,27,28)/t14-,15+,16-,17+,18-,19+,20+,21+,23-,24+/m1/s1. The van der Waals surface area contributed by atoms with E-state index in [-0.39, 0.29) is 17.6 Å². The summed E-state index contributed by atoms with van der Waals surface area (Å²) >= 11 is 0. The van der Waals surface area contributed by atoms with Gasteiger partial charge in [0.15, 0.2) is 0 Å². The predicted octanol–water partition coefficient (Wildman–Crippen LogP) is 4.48. The Morgan fingerprint density at radius 3 is 2.50 bits per heavy atom. The van der Waals surface area contributed by atoms with Crippen molar-refractivity contribution in [2.45, 2.75) is 97.2 Å². The highest BCUT2D eigenvalue weighted by Gasteiger charge is 2.62. The number of carbonyl (C=O) groups is 1. The van der Waals surface area contributed by atoms with E-state index >= 15 is 0 Å². The number of aliphatic hydroxyl groups is 2. The minimum Gasteiger partial charge on any atom is -0.481 e. The topological polar surface area (TPSA) is 77.8 Å². The fourth-order valence-corrected chi connectivity index (χ4v) is 8.82. The Bertz CT molecular complexity index is 605. The Hall–Kier alpha value is -0.610. The van der Waals surface area contributed by atoms with Gasteiger partial charge in [-0.25, -0.2) is 0 Å².